The van der Waals surface area contributed by atoms with Crippen LogP contribution in [0.15, 0.2) is 48.0 Å². The summed E-state index contributed by atoms with van der Waals surface area (Å²) in [6.07, 6.45) is -2.94. The molecule has 2 aromatic heterocycles. The summed E-state index contributed by atoms with van der Waals surface area (Å²) in [6.45, 7) is 4.58. The maximum Gasteiger partial charge on any atom is 0.416 e. The smallest absolute Gasteiger partial charge is 0.383 e. The first-order valence-corrected chi connectivity index (χ1v) is 10.9. The highest BCUT2D eigenvalue weighted by Gasteiger charge is 2.30. The van der Waals surface area contributed by atoms with Gasteiger partial charge in [-0.15, -0.1) is 11.3 Å². The van der Waals surface area contributed by atoms with Crippen molar-refractivity contribution in [1.82, 2.24) is 15.3 Å². The van der Waals surface area contributed by atoms with Gasteiger partial charge in [0.2, 0.25) is 0 Å². The van der Waals surface area contributed by atoms with E-state index >= 15 is 0 Å². The van der Waals surface area contributed by atoms with Gasteiger partial charge in [0.25, 0.3) is 5.91 Å². The molecular weight excluding hydrogens is 455 g/mol. The zero-order chi connectivity index (χ0) is 24.4. The van der Waals surface area contributed by atoms with E-state index in [9.17, 15) is 27.9 Å². The number of amides is 1. The molecule has 2 N–H and O–H groups in total. The summed E-state index contributed by atoms with van der Waals surface area (Å²) >= 11 is 1.15. The van der Waals surface area contributed by atoms with Gasteiger partial charge in [0.1, 0.15) is 16.3 Å². The summed E-state index contributed by atoms with van der Waals surface area (Å²) in [5.41, 5.74) is -0.402. The second kappa shape index (κ2) is 9.40. The molecule has 0 aliphatic heterocycles. The van der Waals surface area contributed by atoms with Crippen LogP contribution >= 0.6 is 11.3 Å². The van der Waals surface area contributed by atoms with Crippen molar-refractivity contribution in [1.29, 1.82) is 0 Å². The molecule has 0 spiro atoms. The van der Waals surface area contributed by atoms with E-state index in [1.165, 1.54) is 37.6 Å². The van der Waals surface area contributed by atoms with Crippen molar-refractivity contribution in [2.75, 3.05) is 0 Å². The van der Waals surface area contributed by atoms with E-state index in [0.717, 1.165) is 29.0 Å². The number of halogens is 3. The molecule has 1 unspecified atom stereocenters. The number of hydrogen-bond donors (Lipinski definition) is 2. The number of thiazole rings is 1. The Hall–Kier alpha value is -3.11. The average molecular weight is 478 g/mol. The molecule has 0 fully saturated rings. The number of alkyl halides is 3. The molecule has 1 amide bonds. The lowest BCUT2D eigenvalue weighted by Crippen LogP contribution is -2.32. The minimum atomic E-state index is -4.42. The summed E-state index contributed by atoms with van der Waals surface area (Å²) < 4.78 is 38.2. The zero-order valence-corrected chi connectivity index (χ0v) is 18.9. The van der Waals surface area contributed by atoms with E-state index in [2.05, 4.69) is 15.3 Å². The van der Waals surface area contributed by atoms with Gasteiger partial charge in [-0.2, -0.15) is 13.2 Å². The molecule has 10 heteroatoms. The van der Waals surface area contributed by atoms with Crippen molar-refractivity contribution in [2.45, 2.75) is 45.0 Å². The molecular formula is C23H22F3N3O3S. The van der Waals surface area contributed by atoms with Gasteiger partial charge in [0.05, 0.1) is 18.0 Å². The fraction of sp³-hybridized carbons (Fsp3) is 0.304. The number of nitrogens with one attached hydrogen (secondary N) is 1. The van der Waals surface area contributed by atoms with Crippen LogP contribution in [-0.4, -0.2) is 32.4 Å². The quantitative estimate of drug-likeness (QED) is 0.519. The van der Waals surface area contributed by atoms with Crippen molar-refractivity contribution in [3.05, 3.63) is 70.5 Å². The average Bonchev–Trinajstić information content (AvgIpc) is 3.23. The molecule has 174 valence electrons. The first-order chi connectivity index (χ1) is 15.3. The van der Waals surface area contributed by atoms with Gasteiger partial charge in [-0.05, 0) is 50.6 Å². The number of aromatic nitrogens is 2. The predicted octanol–water partition coefficient (Wildman–Crippen LogP) is 4.60. The number of nitrogens with zero attached hydrogens (tertiary/aromatic N) is 2. The van der Waals surface area contributed by atoms with E-state index in [1.807, 2.05) is 0 Å². The number of carbonyl (C=O) groups is 2. The van der Waals surface area contributed by atoms with Crippen LogP contribution in [0.1, 0.15) is 54.1 Å². The predicted molar refractivity (Wildman–Crippen MR) is 118 cm³/mol. The number of pyridine rings is 1. The fourth-order valence-corrected chi connectivity index (χ4v) is 3.72. The number of Topliss-reactive ketones (excluding diaryl/α,β-unsaturated/α-hetero) is 1. The molecule has 1 atom stereocenters. The topological polar surface area (TPSA) is 92.2 Å². The highest BCUT2D eigenvalue weighted by molar-refractivity contribution is 7.13. The van der Waals surface area contributed by atoms with Crippen LogP contribution in [0.4, 0.5) is 13.2 Å². The molecule has 6 nitrogen and oxygen atoms in total. The van der Waals surface area contributed by atoms with E-state index in [-0.39, 0.29) is 17.9 Å². The molecule has 1 aromatic carbocycles. The van der Waals surface area contributed by atoms with Gasteiger partial charge in [-0.3, -0.25) is 14.6 Å². The van der Waals surface area contributed by atoms with Crippen molar-refractivity contribution in [3.63, 3.8) is 0 Å². The maximum absolute atomic E-state index is 12.7. The molecule has 0 saturated heterocycles. The molecule has 33 heavy (non-hydrogen) atoms. The molecule has 0 radical (unpaired) electrons. The molecule has 0 aliphatic carbocycles. The Morgan fingerprint density at radius 3 is 2.42 bits per heavy atom. The van der Waals surface area contributed by atoms with Crippen LogP contribution in [0.25, 0.3) is 10.6 Å². The minimum absolute atomic E-state index is 0.0411. The summed E-state index contributed by atoms with van der Waals surface area (Å²) in [5, 5.41) is 14.6. The summed E-state index contributed by atoms with van der Waals surface area (Å²) in [4.78, 5) is 33.1. The lowest BCUT2D eigenvalue weighted by Gasteiger charge is -2.17. The lowest BCUT2D eigenvalue weighted by atomic mass is 9.98. The van der Waals surface area contributed by atoms with Gasteiger partial charge in [0, 0.05) is 22.8 Å². The Morgan fingerprint density at radius 1 is 1.15 bits per heavy atom. The van der Waals surface area contributed by atoms with Crippen molar-refractivity contribution in [3.8, 4) is 10.6 Å². The van der Waals surface area contributed by atoms with Crippen molar-refractivity contribution >= 4 is 23.0 Å². The van der Waals surface area contributed by atoms with Crippen LogP contribution in [0.3, 0.4) is 0 Å². The SMILES string of the molecule is CC(NC(=O)c1csc(-c2ccc(C(F)(F)F)cc2)n1)c1ccnc(CC(=O)C(C)(C)O)c1. The third kappa shape index (κ3) is 6.23. The van der Waals surface area contributed by atoms with Crippen LogP contribution in [0, 0.1) is 0 Å². The molecule has 0 aliphatic rings. The lowest BCUT2D eigenvalue weighted by molar-refractivity contribution is -0.137. The Bertz CT molecular complexity index is 1150. The zero-order valence-electron chi connectivity index (χ0n) is 18.1. The molecule has 2 heterocycles. The van der Waals surface area contributed by atoms with Crippen LogP contribution in [0.2, 0.25) is 0 Å². The standard InChI is InChI=1S/C23H22F3N3O3S/c1-13(15-8-9-27-17(10-15)11-19(30)22(2,3)32)28-20(31)18-12-33-21(29-18)14-4-6-16(7-5-14)23(24,25)26/h4-10,12-13,32H,11H2,1-3H3,(H,28,31). The Balaban J connectivity index is 1.68. The van der Waals surface area contributed by atoms with Gasteiger partial charge in [-0.25, -0.2) is 4.98 Å². The number of aliphatic hydroxyl groups is 1. The molecule has 0 bridgehead atoms. The van der Waals surface area contributed by atoms with Crippen LogP contribution in [0.5, 0.6) is 0 Å². The Labute approximate surface area is 192 Å². The Kier molecular flexibility index (Phi) is 6.99. The fourth-order valence-electron chi connectivity index (χ4n) is 2.91. The van der Waals surface area contributed by atoms with E-state index in [0.29, 0.717) is 16.3 Å². The summed E-state index contributed by atoms with van der Waals surface area (Å²) in [6, 6.07) is 7.55. The first kappa shape index (κ1) is 24.5. The molecule has 3 aromatic rings. The number of benzene rings is 1. The van der Waals surface area contributed by atoms with Gasteiger partial charge >= 0.3 is 6.18 Å². The maximum atomic E-state index is 12.7. The third-order valence-corrected chi connectivity index (χ3v) is 5.80. The normalized spacial score (nSPS) is 12.9. The third-order valence-electron chi connectivity index (χ3n) is 4.91. The van der Waals surface area contributed by atoms with Crippen LogP contribution in [-0.2, 0) is 17.4 Å². The van der Waals surface area contributed by atoms with E-state index in [1.54, 1.807) is 19.1 Å². The highest BCUT2D eigenvalue weighted by atomic mass is 32.1. The van der Waals surface area contributed by atoms with Gasteiger partial charge in [-0.1, -0.05) is 12.1 Å². The highest BCUT2D eigenvalue weighted by Crippen LogP contribution is 2.31. The largest absolute Gasteiger partial charge is 0.416 e. The number of hydrogen-bond acceptors (Lipinski definition) is 6. The van der Waals surface area contributed by atoms with E-state index in [4.69, 9.17) is 0 Å². The number of rotatable bonds is 7. The minimum Gasteiger partial charge on any atom is -0.383 e. The van der Waals surface area contributed by atoms with Gasteiger partial charge in [0.15, 0.2) is 5.78 Å². The molecule has 0 saturated carbocycles. The number of carbonyl (C=O) groups excluding carboxylic acids is 2. The van der Waals surface area contributed by atoms with Crippen LogP contribution < -0.4 is 5.32 Å². The van der Waals surface area contributed by atoms with Crippen molar-refractivity contribution in [2.24, 2.45) is 0 Å². The van der Waals surface area contributed by atoms with Gasteiger partial charge < -0.3 is 10.4 Å². The van der Waals surface area contributed by atoms with Crippen molar-refractivity contribution < 1.29 is 27.9 Å². The monoisotopic (exact) mass is 477 g/mol. The first-order valence-electron chi connectivity index (χ1n) is 9.99. The number of ketones is 1. The summed E-state index contributed by atoms with van der Waals surface area (Å²) in [5.74, 6) is -0.815. The summed E-state index contributed by atoms with van der Waals surface area (Å²) in [7, 11) is 0. The Morgan fingerprint density at radius 2 is 1.82 bits per heavy atom. The molecule has 3 rings (SSSR count). The van der Waals surface area contributed by atoms with E-state index < -0.39 is 29.3 Å². The second-order valence-electron chi connectivity index (χ2n) is 8.05. The second-order valence-corrected chi connectivity index (χ2v) is 8.91.